The second-order valence-corrected chi connectivity index (χ2v) is 8.51. The number of halogens is 2. The van der Waals surface area contributed by atoms with Crippen molar-refractivity contribution in [1.29, 1.82) is 0 Å². The molecule has 1 aliphatic heterocycles. The van der Waals surface area contributed by atoms with E-state index in [2.05, 4.69) is 15.3 Å². The molecule has 1 N–H and O–H groups in total. The van der Waals surface area contributed by atoms with Crippen molar-refractivity contribution in [3.63, 3.8) is 0 Å². The lowest BCUT2D eigenvalue weighted by Crippen LogP contribution is -2.36. The zero-order chi connectivity index (χ0) is 17.8. The number of aromatic nitrogens is 2. The first-order valence-corrected chi connectivity index (χ1v) is 9.54. The SMILES string of the molecule is O=C(NC1C=CS(=O)(=O)C1)c1cnc(OC2CC3C(C2)C3(F)F)cn1. The number of amides is 1. The second-order valence-electron chi connectivity index (χ2n) is 6.58. The Morgan fingerprint density at radius 2 is 1.96 bits per heavy atom. The summed E-state index contributed by atoms with van der Waals surface area (Å²) in [7, 11) is -3.26. The summed E-state index contributed by atoms with van der Waals surface area (Å²) in [6, 6.07) is -0.595. The van der Waals surface area contributed by atoms with Crippen LogP contribution >= 0.6 is 0 Å². The van der Waals surface area contributed by atoms with E-state index < -0.39 is 39.5 Å². The topological polar surface area (TPSA) is 98.2 Å². The maximum Gasteiger partial charge on any atom is 0.271 e. The number of nitrogens with zero attached hydrogens (tertiary/aromatic N) is 2. The molecule has 10 heteroatoms. The minimum absolute atomic E-state index is 0.0193. The van der Waals surface area contributed by atoms with Gasteiger partial charge in [-0.15, -0.1) is 0 Å². The number of fused-ring (bicyclic) bond motifs is 1. The van der Waals surface area contributed by atoms with Gasteiger partial charge in [0.25, 0.3) is 11.8 Å². The molecule has 2 heterocycles. The third kappa shape index (κ3) is 3.10. The molecule has 0 radical (unpaired) electrons. The van der Waals surface area contributed by atoms with Crippen LogP contribution in [0.2, 0.25) is 0 Å². The van der Waals surface area contributed by atoms with Crippen molar-refractivity contribution in [3.8, 4) is 5.88 Å². The molecule has 0 spiro atoms. The first-order valence-electron chi connectivity index (χ1n) is 7.83. The van der Waals surface area contributed by atoms with Crippen LogP contribution < -0.4 is 10.1 Å². The van der Waals surface area contributed by atoms with Crippen molar-refractivity contribution in [2.75, 3.05) is 5.75 Å². The van der Waals surface area contributed by atoms with Crippen LogP contribution in [0.25, 0.3) is 0 Å². The molecular formula is C15H15F2N3O4S. The largest absolute Gasteiger partial charge is 0.473 e. The number of hydrogen-bond donors (Lipinski definition) is 1. The van der Waals surface area contributed by atoms with E-state index in [4.69, 9.17) is 4.74 Å². The highest BCUT2D eigenvalue weighted by Gasteiger charge is 2.72. The molecule has 2 saturated carbocycles. The lowest BCUT2D eigenvalue weighted by molar-refractivity contribution is 0.0457. The number of hydrogen-bond acceptors (Lipinski definition) is 6. The molecule has 3 unspecified atom stereocenters. The summed E-state index contributed by atoms with van der Waals surface area (Å²) in [6.07, 6.45) is 4.16. The van der Waals surface area contributed by atoms with Gasteiger partial charge in [0, 0.05) is 17.2 Å². The minimum atomic E-state index is -3.26. The van der Waals surface area contributed by atoms with Gasteiger partial charge >= 0.3 is 0 Å². The highest BCUT2D eigenvalue weighted by molar-refractivity contribution is 7.94. The molecular weight excluding hydrogens is 356 g/mol. The highest BCUT2D eigenvalue weighted by Crippen LogP contribution is 2.64. The van der Waals surface area contributed by atoms with Crippen molar-refractivity contribution >= 4 is 15.7 Å². The summed E-state index contributed by atoms with van der Waals surface area (Å²) >= 11 is 0. The van der Waals surface area contributed by atoms with E-state index in [1.807, 2.05) is 0 Å². The Labute approximate surface area is 142 Å². The van der Waals surface area contributed by atoms with E-state index in [1.165, 1.54) is 18.5 Å². The Morgan fingerprint density at radius 1 is 1.24 bits per heavy atom. The molecule has 3 atom stereocenters. The molecule has 0 bridgehead atoms. The number of alkyl halides is 2. The van der Waals surface area contributed by atoms with Gasteiger partial charge in [0.15, 0.2) is 9.84 Å². The summed E-state index contributed by atoms with van der Waals surface area (Å²) in [5.74, 6) is -4.28. The average Bonchev–Trinajstić information content (AvgIpc) is 2.91. The predicted octanol–water partition coefficient (Wildman–Crippen LogP) is 0.940. The smallest absolute Gasteiger partial charge is 0.271 e. The zero-order valence-corrected chi connectivity index (χ0v) is 13.7. The Balaban J connectivity index is 1.32. The third-order valence-corrected chi connectivity index (χ3v) is 6.19. The highest BCUT2D eigenvalue weighted by atomic mass is 32.2. The maximum absolute atomic E-state index is 13.1. The van der Waals surface area contributed by atoms with E-state index in [-0.39, 0.29) is 23.4 Å². The summed E-state index contributed by atoms with van der Waals surface area (Å²) in [4.78, 5) is 19.9. The molecule has 1 amide bonds. The van der Waals surface area contributed by atoms with Crippen LogP contribution in [0.1, 0.15) is 23.3 Å². The van der Waals surface area contributed by atoms with Crippen molar-refractivity contribution in [3.05, 3.63) is 29.6 Å². The fourth-order valence-electron chi connectivity index (χ4n) is 3.44. The fourth-order valence-corrected chi connectivity index (χ4v) is 4.67. The van der Waals surface area contributed by atoms with Crippen LogP contribution in [0, 0.1) is 11.8 Å². The summed E-state index contributed by atoms with van der Waals surface area (Å²) < 4.78 is 54.4. The summed E-state index contributed by atoms with van der Waals surface area (Å²) in [6.45, 7) is 0. The van der Waals surface area contributed by atoms with Gasteiger partial charge in [-0.25, -0.2) is 27.2 Å². The lowest BCUT2D eigenvalue weighted by atomic mass is 10.2. The lowest BCUT2D eigenvalue weighted by Gasteiger charge is -2.16. The molecule has 1 aromatic rings. The van der Waals surface area contributed by atoms with E-state index in [9.17, 15) is 22.0 Å². The monoisotopic (exact) mass is 371 g/mol. The van der Waals surface area contributed by atoms with E-state index >= 15 is 0 Å². The minimum Gasteiger partial charge on any atom is -0.473 e. The van der Waals surface area contributed by atoms with Crippen LogP contribution in [-0.4, -0.2) is 48.1 Å². The zero-order valence-electron chi connectivity index (χ0n) is 12.9. The molecule has 3 aliphatic rings. The predicted molar refractivity (Wildman–Crippen MR) is 81.8 cm³/mol. The van der Waals surface area contributed by atoms with E-state index in [0.717, 1.165) is 5.41 Å². The summed E-state index contributed by atoms with van der Waals surface area (Å²) in [5, 5.41) is 3.60. The molecule has 25 heavy (non-hydrogen) atoms. The average molecular weight is 371 g/mol. The standard InChI is InChI=1S/C15H15F2N3O4S/c16-15(17)10-3-9(4-11(10)15)24-13-6-18-12(5-19-13)14(21)20-8-1-2-25(22,23)7-8/h1-2,5-6,8-11H,3-4,7H2,(H,20,21). The Kier molecular flexibility index (Phi) is 3.57. The van der Waals surface area contributed by atoms with E-state index in [0.29, 0.717) is 12.8 Å². The van der Waals surface area contributed by atoms with Gasteiger partial charge in [-0.1, -0.05) is 0 Å². The number of rotatable bonds is 4. The van der Waals surface area contributed by atoms with Crippen molar-refractivity contribution < 1.29 is 26.7 Å². The van der Waals surface area contributed by atoms with Gasteiger partial charge in [0.1, 0.15) is 11.8 Å². The van der Waals surface area contributed by atoms with Crippen molar-refractivity contribution in [2.45, 2.75) is 30.9 Å². The quantitative estimate of drug-likeness (QED) is 0.846. The summed E-state index contributed by atoms with van der Waals surface area (Å²) in [5.41, 5.74) is 0.0193. The Morgan fingerprint density at radius 3 is 2.52 bits per heavy atom. The first kappa shape index (κ1) is 16.4. The van der Waals surface area contributed by atoms with Crippen LogP contribution in [0.4, 0.5) is 8.78 Å². The molecule has 0 aromatic carbocycles. The fraction of sp³-hybridized carbons (Fsp3) is 0.533. The van der Waals surface area contributed by atoms with E-state index in [1.54, 1.807) is 0 Å². The van der Waals surface area contributed by atoms with Crippen molar-refractivity contribution in [1.82, 2.24) is 15.3 Å². The van der Waals surface area contributed by atoms with Gasteiger partial charge in [-0.3, -0.25) is 4.79 Å². The Hall–Kier alpha value is -2.10. The normalized spacial score (nSPS) is 33.7. The van der Waals surface area contributed by atoms with Gasteiger partial charge in [0.05, 0.1) is 24.2 Å². The Bertz CT molecular complexity index is 827. The molecule has 1 aromatic heterocycles. The van der Waals surface area contributed by atoms with Crippen LogP contribution in [0.15, 0.2) is 23.9 Å². The number of carbonyl (C=O) groups is 1. The molecule has 0 saturated heterocycles. The molecule has 7 nitrogen and oxygen atoms in total. The number of nitrogens with one attached hydrogen (secondary N) is 1. The number of ether oxygens (including phenoxy) is 1. The number of carbonyl (C=O) groups excluding carboxylic acids is 1. The molecule has 4 rings (SSSR count). The van der Waals surface area contributed by atoms with Gasteiger partial charge in [-0.05, 0) is 18.9 Å². The van der Waals surface area contributed by atoms with Crippen LogP contribution in [0.5, 0.6) is 5.88 Å². The second kappa shape index (κ2) is 5.45. The van der Waals surface area contributed by atoms with Gasteiger partial charge in [-0.2, -0.15) is 0 Å². The van der Waals surface area contributed by atoms with Crippen LogP contribution in [0.3, 0.4) is 0 Å². The third-order valence-electron chi connectivity index (χ3n) is 4.79. The first-order chi connectivity index (χ1) is 11.7. The van der Waals surface area contributed by atoms with Crippen molar-refractivity contribution in [2.24, 2.45) is 11.8 Å². The molecule has 2 aliphatic carbocycles. The van der Waals surface area contributed by atoms with Gasteiger partial charge < -0.3 is 10.1 Å². The van der Waals surface area contributed by atoms with Gasteiger partial charge in [0.2, 0.25) is 5.88 Å². The molecule has 2 fully saturated rings. The maximum atomic E-state index is 13.1. The van der Waals surface area contributed by atoms with Crippen LogP contribution in [-0.2, 0) is 9.84 Å². The molecule has 134 valence electrons. The number of sulfone groups is 1.